The van der Waals surface area contributed by atoms with Gasteiger partial charge in [0.05, 0.1) is 5.57 Å². The molecule has 8 rings (SSSR count). The van der Waals surface area contributed by atoms with Crippen LogP contribution in [0.3, 0.4) is 0 Å². The number of terminal acetylenes is 1. The number of piperidine rings is 1. The zero-order valence-electron chi connectivity index (χ0n) is 27.7. The molecule has 51 heavy (non-hydrogen) atoms. The highest BCUT2D eigenvalue weighted by atomic mass is 32.2. The Balaban J connectivity index is 0.936. The molecule has 2 fully saturated rings. The number of aliphatic hydroxyl groups is 1. The van der Waals surface area contributed by atoms with Gasteiger partial charge in [-0.15, -0.1) is 6.42 Å². The monoisotopic (exact) mass is 700 g/mol. The van der Waals surface area contributed by atoms with Crippen LogP contribution in [0.1, 0.15) is 59.8 Å². The number of fused-ring (bicyclic) bond motifs is 3. The van der Waals surface area contributed by atoms with Gasteiger partial charge in [0.15, 0.2) is 5.60 Å². The average Bonchev–Trinajstić information content (AvgIpc) is 3.90. The van der Waals surface area contributed by atoms with Crippen molar-refractivity contribution in [3.05, 3.63) is 131 Å². The van der Waals surface area contributed by atoms with Crippen molar-refractivity contribution in [2.75, 3.05) is 24.4 Å². The van der Waals surface area contributed by atoms with Gasteiger partial charge in [-0.2, -0.15) is 4.21 Å². The number of nitrogens with one attached hydrogen (secondary N) is 1. The number of anilines is 1. The summed E-state index contributed by atoms with van der Waals surface area (Å²) >= 11 is -1.90. The molecule has 0 aromatic heterocycles. The van der Waals surface area contributed by atoms with Gasteiger partial charge in [-0.25, -0.2) is 9.59 Å². The van der Waals surface area contributed by atoms with Crippen LogP contribution in [0.2, 0.25) is 0 Å². The number of hydrogen-bond donors (Lipinski definition) is 2. The molecule has 258 valence electrons. The van der Waals surface area contributed by atoms with Crippen LogP contribution in [0, 0.1) is 18.3 Å². The quantitative estimate of drug-likeness (QED) is 0.138. The summed E-state index contributed by atoms with van der Waals surface area (Å²) in [5, 5.41) is 11.7. The maximum atomic E-state index is 13.5. The first-order chi connectivity index (χ1) is 24.8. The van der Waals surface area contributed by atoms with E-state index in [0.29, 0.717) is 17.0 Å². The Bertz CT molecular complexity index is 2060. The van der Waals surface area contributed by atoms with Crippen LogP contribution in [-0.2, 0) is 25.5 Å². The summed E-state index contributed by atoms with van der Waals surface area (Å²) in [4.78, 5) is 28.5. The largest absolute Gasteiger partial charge is 0.507 e. The summed E-state index contributed by atoms with van der Waals surface area (Å²) < 4.78 is 33.0. The molecule has 4 aromatic carbocycles. The number of hydrogen-bond acceptors (Lipinski definition) is 7. The third-order valence-electron chi connectivity index (χ3n) is 10.4. The lowest BCUT2D eigenvalue weighted by molar-refractivity contribution is -0.152. The number of likely N-dealkylation sites (tertiary alicyclic amines) is 1. The first-order valence-electron chi connectivity index (χ1n) is 17.1. The van der Waals surface area contributed by atoms with E-state index in [0.717, 1.165) is 40.7 Å². The van der Waals surface area contributed by atoms with Crippen molar-refractivity contribution in [2.45, 2.75) is 43.1 Å². The Morgan fingerprint density at radius 1 is 0.980 bits per heavy atom. The van der Waals surface area contributed by atoms with E-state index in [9.17, 15) is 18.9 Å². The minimum Gasteiger partial charge on any atom is -0.507 e. The molecule has 1 saturated heterocycles. The van der Waals surface area contributed by atoms with Crippen molar-refractivity contribution >= 4 is 29.0 Å². The molecule has 2 N–H and O–H groups in total. The zero-order valence-corrected chi connectivity index (χ0v) is 28.6. The molecular formula is C41H36N2O7S. The van der Waals surface area contributed by atoms with Gasteiger partial charge in [-0.3, -0.25) is 4.72 Å². The van der Waals surface area contributed by atoms with Crippen molar-refractivity contribution in [2.24, 2.45) is 5.92 Å². The molecule has 4 aliphatic rings. The van der Waals surface area contributed by atoms with Crippen LogP contribution in [-0.4, -0.2) is 51.6 Å². The van der Waals surface area contributed by atoms with Crippen LogP contribution in [0.4, 0.5) is 10.5 Å². The number of aliphatic hydroxyl groups excluding tert-OH is 1. The second-order valence-electron chi connectivity index (χ2n) is 13.5. The van der Waals surface area contributed by atoms with Gasteiger partial charge < -0.3 is 23.7 Å². The first-order valence-corrected chi connectivity index (χ1v) is 18.2. The third kappa shape index (κ3) is 6.23. The number of carbonyl (C=O) groups excluding carboxylic acids is 2. The molecule has 2 unspecified atom stereocenters. The summed E-state index contributed by atoms with van der Waals surface area (Å²) in [6.07, 6.45) is 7.30. The number of carbonyl (C=O) groups is 2. The van der Waals surface area contributed by atoms with Crippen molar-refractivity contribution in [1.29, 1.82) is 0 Å². The lowest BCUT2D eigenvalue weighted by Gasteiger charge is -2.37. The van der Waals surface area contributed by atoms with Gasteiger partial charge in [0, 0.05) is 49.0 Å². The van der Waals surface area contributed by atoms with E-state index in [-0.39, 0.29) is 55.7 Å². The van der Waals surface area contributed by atoms with Gasteiger partial charge in [0.25, 0.3) is 0 Å². The summed E-state index contributed by atoms with van der Waals surface area (Å²) in [6.45, 7) is 0.757. The zero-order chi connectivity index (χ0) is 35.1. The summed E-state index contributed by atoms with van der Waals surface area (Å²) in [7, 11) is 0. The van der Waals surface area contributed by atoms with E-state index in [2.05, 4.69) is 34.9 Å². The molecular weight excluding hydrogens is 665 g/mol. The van der Waals surface area contributed by atoms with Crippen LogP contribution in [0.5, 0.6) is 5.75 Å². The predicted molar refractivity (Wildman–Crippen MR) is 193 cm³/mol. The molecule has 1 amide bonds. The fourth-order valence-corrected chi connectivity index (χ4v) is 8.33. The first kappa shape index (κ1) is 32.7. The number of esters is 1. The fraction of sp³-hybridized carbons (Fsp3) is 0.268. The Morgan fingerprint density at radius 2 is 1.65 bits per heavy atom. The highest BCUT2D eigenvalue weighted by Crippen LogP contribution is 2.52. The van der Waals surface area contributed by atoms with Gasteiger partial charge in [-0.05, 0) is 83.0 Å². The second kappa shape index (κ2) is 13.3. The molecule has 4 aromatic rings. The number of amides is 1. The number of ether oxygens (including phenoxy) is 2. The molecule has 2 aliphatic heterocycles. The molecule has 0 bridgehead atoms. The highest BCUT2D eigenvalue weighted by Gasteiger charge is 2.54. The van der Waals surface area contributed by atoms with E-state index >= 15 is 0 Å². The molecule has 2 heterocycles. The lowest BCUT2D eigenvalue weighted by Crippen LogP contribution is -2.48. The standard InChI is InChI=1S/C41H36N2O7S/c1-2-26-14-18-30(19-15-26)50-51(47)42-29-9-7-8-28(24-29)36(27-16-17-27)37-38(44)41(49-39(37)45)20-22-43(23-21-41)40(46)48-25-35-33-12-5-3-10-31(33)32-11-4-6-13-34(32)35/h1,3-15,18-19,24,27,35-36,42,44H,16-17,20-23,25H2. The van der Waals surface area contributed by atoms with E-state index in [1.165, 1.54) is 0 Å². The maximum Gasteiger partial charge on any atom is 0.409 e. The molecule has 1 saturated carbocycles. The van der Waals surface area contributed by atoms with E-state index in [1.54, 1.807) is 35.2 Å². The summed E-state index contributed by atoms with van der Waals surface area (Å²) in [5.74, 6) is 2.03. The van der Waals surface area contributed by atoms with E-state index < -0.39 is 34.8 Å². The minimum atomic E-state index is -1.90. The van der Waals surface area contributed by atoms with Crippen molar-refractivity contribution in [3.8, 4) is 29.2 Å². The fourth-order valence-electron chi connectivity index (χ4n) is 7.68. The van der Waals surface area contributed by atoms with Crippen molar-refractivity contribution in [1.82, 2.24) is 4.90 Å². The van der Waals surface area contributed by atoms with Gasteiger partial charge >= 0.3 is 23.3 Å². The number of rotatable bonds is 9. The van der Waals surface area contributed by atoms with Crippen molar-refractivity contribution < 1.29 is 32.6 Å². The Kier molecular flexibility index (Phi) is 8.52. The normalized spacial score (nSPS) is 18.7. The van der Waals surface area contributed by atoms with Gasteiger partial charge in [-0.1, -0.05) is 66.6 Å². The summed E-state index contributed by atoms with van der Waals surface area (Å²) in [5.41, 5.74) is 5.69. The maximum absolute atomic E-state index is 13.5. The van der Waals surface area contributed by atoms with Crippen LogP contribution >= 0.6 is 0 Å². The highest BCUT2D eigenvalue weighted by molar-refractivity contribution is 7.81. The topological polar surface area (TPSA) is 114 Å². The van der Waals surface area contributed by atoms with Crippen LogP contribution in [0.25, 0.3) is 11.1 Å². The molecule has 0 radical (unpaired) electrons. The van der Waals surface area contributed by atoms with Crippen molar-refractivity contribution in [3.63, 3.8) is 0 Å². The van der Waals surface area contributed by atoms with Crippen LogP contribution in [0.15, 0.2) is 108 Å². The van der Waals surface area contributed by atoms with Gasteiger partial charge in [0.1, 0.15) is 18.1 Å². The SMILES string of the molecule is C#Cc1ccc(OS(=O)Nc2cccc(C(C3=C(O)C4(CCN(C(=O)OCC5c6ccccc6-c6ccccc65)CC4)OC3=O)C3CC3)c2)cc1. The third-order valence-corrected chi connectivity index (χ3v) is 11.2. The van der Waals surface area contributed by atoms with E-state index in [1.807, 2.05) is 42.5 Å². The van der Waals surface area contributed by atoms with E-state index in [4.69, 9.17) is 20.1 Å². The summed E-state index contributed by atoms with van der Waals surface area (Å²) in [6, 6.07) is 30.4. The lowest BCUT2D eigenvalue weighted by atomic mass is 9.82. The smallest absolute Gasteiger partial charge is 0.409 e. The molecule has 1 spiro atoms. The molecule has 2 aliphatic carbocycles. The Morgan fingerprint density at radius 3 is 2.29 bits per heavy atom. The minimum absolute atomic E-state index is 0.0463. The molecule has 2 atom stereocenters. The molecule has 9 nitrogen and oxygen atoms in total. The second-order valence-corrected chi connectivity index (χ2v) is 14.3. The number of benzene rings is 4. The predicted octanol–water partition coefficient (Wildman–Crippen LogP) is 7.38. The Hall–Kier alpha value is -5.53. The molecule has 10 heteroatoms. The van der Waals surface area contributed by atoms with Crippen LogP contribution < -0.4 is 8.91 Å². The Labute approximate surface area is 299 Å². The van der Waals surface area contributed by atoms with Gasteiger partial charge in [0.2, 0.25) is 0 Å². The average molecular weight is 701 g/mol. The number of nitrogens with zero attached hydrogens (tertiary/aromatic N) is 1.